The lowest BCUT2D eigenvalue weighted by atomic mass is 10.0. The molecular formula is C14H21BrN2S. The maximum atomic E-state index is 6.00. The SMILES string of the molecule is Cc1ccc(C(CN)N(C)C2CCSC2)cc1Br. The molecule has 1 saturated heterocycles. The molecule has 1 aromatic carbocycles. The van der Waals surface area contributed by atoms with E-state index in [0.29, 0.717) is 18.6 Å². The van der Waals surface area contributed by atoms with Crippen molar-refractivity contribution in [3.63, 3.8) is 0 Å². The Balaban J connectivity index is 2.18. The number of nitrogens with two attached hydrogens (primary N) is 1. The van der Waals surface area contributed by atoms with Gasteiger partial charge in [-0.2, -0.15) is 11.8 Å². The summed E-state index contributed by atoms with van der Waals surface area (Å²) >= 11 is 5.66. The summed E-state index contributed by atoms with van der Waals surface area (Å²) in [6, 6.07) is 7.58. The summed E-state index contributed by atoms with van der Waals surface area (Å²) in [4.78, 5) is 2.46. The number of nitrogens with zero attached hydrogens (tertiary/aromatic N) is 1. The second kappa shape index (κ2) is 6.42. The van der Waals surface area contributed by atoms with Crippen LogP contribution in [-0.4, -0.2) is 36.0 Å². The molecule has 0 radical (unpaired) electrons. The van der Waals surface area contributed by atoms with Crippen LogP contribution in [0.5, 0.6) is 0 Å². The van der Waals surface area contributed by atoms with E-state index < -0.39 is 0 Å². The van der Waals surface area contributed by atoms with Gasteiger partial charge in [-0.15, -0.1) is 0 Å². The number of halogens is 1. The minimum atomic E-state index is 0.325. The van der Waals surface area contributed by atoms with Gasteiger partial charge in [0.2, 0.25) is 0 Å². The Bertz CT molecular complexity index is 405. The number of aryl methyl sites for hydroxylation is 1. The number of thioether (sulfide) groups is 1. The van der Waals surface area contributed by atoms with Crippen LogP contribution < -0.4 is 5.73 Å². The summed E-state index contributed by atoms with van der Waals surface area (Å²) in [5, 5.41) is 0. The van der Waals surface area contributed by atoms with Gasteiger partial charge in [-0.05, 0) is 43.3 Å². The maximum absolute atomic E-state index is 6.00. The van der Waals surface area contributed by atoms with E-state index in [0.717, 1.165) is 0 Å². The van der Waals surface area contributed by atoms with Crippen LogP contribution in [0.1, 0.15) is 23.6 Å². The van der Waals surface area contributed by atoms with Gasteiger partial charge in [0.25, 0.3) is 0 Å². The highest BCUT2D eigenvalue weighted by molar-refractivity contribution is 9.10. The van der Waals surface area contributed by atoms with Crippen molar-refractivity contribution in [1.29, 1.82) is 0 Å². The summed E-state index contributed by atoms with van der Waals surface area (Å²) in [5.41, 5.74) is 8.58. The molecular weight excluding hydrogens is 308 g/mol. The van der Waals surface area contributed by atoms with E-state index in [1.807, 2.05) is 11.8 Å². The first kappa shape index (κ1) is 14.4. The zero-order chi connectivity index (χ0) is 13.1. The van der Waals surface area contributed by atoms with Crippen molar-refractivity contribution in [3.8, 4) is 0 Å². The monoisotopic (exact) mass is 328 g/mol. The van der Waals surface area contributed by atoms with E-state index in [4.69, 9.17) is 5.73 Å². The van der Waals surface area contributed by atoms with E-state index in [1.165, 1.54) is 33.5 Å². The molecule has 0 bridgehead atoms. The van der Waals surface area contributed by atoms with Gasteiger partial charge >= 0.3 is 0 Å². The molecule has 1 aliphatic rings. The lowest BCUT2D eigenvalue weighted by molar-refractivity contribution is 0.193. The Morgan fingerprint density at radius 1 is 1.56 bits per heavy atom. The summed E-state index contributed by atoms with van der Waals surface area (Å²) in [5.74, 6) is 2.52. The third-order valence-electron chi connectivity index (χ3n) is 3.78. The van der Waals surface area contributed by atoms with Gasteiger partial charge in [-0.3, -0.25) is 4.90 Å². The highest BCUT2D eigenvalue weighted by Crippen LogP contribution is 2.30. The molecule has 2 unspecified atom stereocenters. The summed E-state index contributed by atoms with van der Waals surface area (Å²) < 4.78 is 1.17. The number of likely N-dealkylation sites (N-methyl/N-ethyl adjacent to an activating group) is 1. The topological polar surface area (TPSA) is 29.3 Å². The largest absolute Gasteiger partial charge is 0.329 e. The Morgan fingerprint density at radius 3 is 2.89 bits per heavy atom. The lowest BCUT2D eigenvalue weighted by Crippen LogP contribution is -2.38. The Labute approximate surface area is 122 Å². The van der Waals surface area contributed by atoms with Gasteiger partial charge in [0.05, 0.1) is 0 Å². The third kappa shape index (κ3) is 3.10. The Hall–Kier alpha value is -0.0300. The van der Waals surface area contributed by atoms with Crippen molar-refractivity contribution < 1.29 is 0 Å². The van der Waals surface area contributed by atoms with Crippen LogP contribution in [0.4, 0.5) is 0 Å². The molecule has 0 amide bonds. The molecule has 1 fully saturated rings. The first-order chi connectivity index (χ1) is 8.63. The molecule has 1 aromatic rings. The molecule has 2 atom stereocenters. The average Bonchev–Trinajstić information content (AvgIpc) is 2.88. The molecule has 1 aliphatic heterocycles. The second-order valence-electron chi connectivity index (χ2n) is 4.94. The first-order valence-electron chi connectivity index (χ1n) is 6.39. The van der Waals surface area contributed by atoms with Gasteiger partial charge in [0.15, 0.2) is 0 Å². The molecule has 2 nitrogen and oxygen atoms in total. The van der Waals surface area contributed by atoms with Crippen LogP contribution in [-0.2, 0) is 0 Å². The number of benzene rings is 1. The third-order valence-corrected chi connectivity index (χ3v) is 5.78. The van der Waals surface area contributed by atoms with Crippen LogP contribution in [0.2, 0.25) is 0 Å². The fourth-order valence-electron chi connectivity index (χ4n) is 2.45. The standard InChI is InChI=1S/C14H21BrN2S/c1-10-3-4-11(7-13(10)15)14(8-16)17(2)12-5-6-18-9-12/h3-4,7,12,14H,5-6,8-9,16H2,1-2H3. The number of hydrogen-bond donors (Lipinski definition) is 1. The van der Waals surface area contributed by atoms with Crippen molar-refractivity contribution in [2.45, 2.75) is 25.4 Å². The zero-order valence-corrected chi connectivity index (χ0v) is 13.4. The minimum absolute atomic E-state index is 0.325. The van der Waals surface area contributed by atoms with Crippen LogP contribution >= 0.6 is 27.7 Å². The molecule has 18 heavy (non-hydrogen) atoms. The second-order valence-corrected chi connectivity index (χ2v) is 6.95. The zero-order valence-electron chi connectivity index (χ0n) is 11.0. The molecule has 1 heterocycles. The normalized spacial score (nSPS) is 21.5. The van der Waals surface area contributed by atoms with E-state index >= 15 is 0 Å². The first-order valence-corrected chi connectivity index (χ1v) is 8.34. The van der Waals surface area contributed by atoms with Gasteiger partial charge in [-0.25, -0.2) is 0 Å². The Kier molecular flexibility index (Phi) is 5.13. The van der Waals surface area contributed by atoms with Crippen LogP contribution in [0.25, 0.3) is 0 Å². The fraction of sp³-hybridized carbons (Fsp3) is 0.571. The van der Waals surface area contributed by atoms with E-state index in [9.17, 15) is 0 Å². The van der Waals surface area contributed by atoms with Crippen molar-refractivity contribution in [2.24, 2.45) is 5.73 Å². The van der Waals surface area contributed by atoms with Crippen LogP contribution in [0, 0.1) is 6.92 Å². The molecule has 0 aliphatic carbocycles. The molecule has 0 spiro atoms. The highest BCUT2D eigenvalue weighted by Gasteiger charge is 2.26. The molecule has 100 valence electrons. The van der Waals surface area contributed by atoms with Crippen molar-refractivity contribution >= 4 is 27.7 Å². The number of hydrogen-bond acceptors (Lipinski definition) is 3. The summed E-state index contributed by atoms with van der Waals surface area (Å²) in [6.45, 7) is 2.79. The lowest BCUT2D eigenvalue weighted by Gasteiger charge is -2.32. The van der Waals surface area contributed by atoms with Gasteiger partial charge < -0.3 is 5.73 Å². The Morgan fingerprint density at radius 2 is 2.33 bits per heavy atom. The van der Waals surface area contributed by atoms with Crippen molar-refractivity contribution in [2.75, 3.05) is 25.1 Å². The van der Waals surface area contributed by atoms with Gasteiger partial charge in [0.1, 0.15) is 0 Å². The predicted octanol–water partition coefficient (Wildman–Crippen LogP) is 3.19. The maximum Gasteiger partial charge on any atom is 0.0471 e. The summed E-state index contributed by atoms with van der Waals surface area (Å²) in [7, 11) is 2.21. The molecule has 2 rings (SSSR count). The molecule has 4 heteroatoms. The van der Waals surface area contributed by atoms with Gasteiger partial charge in [-0.1, -0.05) is 28.1 Å². The van der Waals surface area contributed by atoms with Crippen molar-refractivity contribution in [3.05, 3.63) is 33.8 Å². The molecule has 0 saturated carbocycles. The minimum Gasteiger partial charge on any atom is -0.329 e. The van der Waals surface area contributed by atoms with Crippen LogP contribution in [0.15, 0.2) is 22.7 Å². The number of rotatable bonds is 4. The highest BCUT2D eigenvalue weighted by atomic mass is 79.9. The predicted molar refractivity (Wildman–Crippen MR) is 84.2 cm³/mol. The fourth-order valence-corrected chi connectivity index (χ4v) is 4.13. The van der Waals surface area contributed by atoms with Crippen molar-refractivity contribution in [1.82, 2.24) is 4.90 Å². The average molecular weight is 329 g/mol. The molecule has 2 N–H and O–H groups in total. The quantitative estimate of drug-likeness (QED) is 0.920. The molecule has 0 aromatic heterocycles. The van der Waals surface area contributed by atoms with E-state index in [1.54, 1.807) is 0 Å². The van der Waals surface area contributed by atoms with E-state index in [2.05, 4.69) is 53.0 Å². The van der Waals surface area contributed by atoms with Gasteiger partial charge in [0, 0.05) is 28.9 Å². The van der Waals surface area contributed by atoms with Crippen LogP contribution in [0.3, 0.4) is 0 Å². The van der Waals surface area contributed by atoms with E-state index in [-0.39, 0.29) is 0 Å². The smallest absolute Gasteiger partial charge is 0.0471 e. The summed E-state index contributed by atoms with van der Waals surface area (Å²) in [6.07, 6.45) is 1.28.